The standard InChI is InChI=1S/C26H42N4O4/c1-17(2)29(6)18-10-11-21(19(16-18)23(32)34-7)30-15-12-20(22(30)31)28-24(33)26(25(3,4)5)13-8-9-14-27-26/h8-9,13-14,17-21,27H,10-12,15-16H2,1-7H3,(H,28,33)/t18-,19-,20+,21+,26?/m1/s1. The number of esters is 1. The van der Waals surface area contributed by atoms with Crippen molar-refractivity contribution >= 4 is 17.8 Å². The lowest BCUT2D eigenvalue weighted by molar-refractivity contribution is -0.152. The number of amides is 2. The van der Waals surface area contributed by atoms with Gasteiger partial charge in [0, 0.05) is 24.7 Å². The van der Waals surface area contributed by atoms with E-state index < -0.39 is 17.0 Å². The summed E-state index contributed by atoms with van der Waals surface area (Å²) >= 11 is 0. The van der Waals surface area contributed by atoms with Crippen molar-refractivity contribution in [2.45, 2.75) is 90.0 Å². The molecule has 8 heteroatoms. The summed E-state index contributed by atoms with van der Waals surface area (Å²) in [5, 5.41) is 6.23. The molecule has 1 aliphatic carbocycles. The van der Waals surface area contributed by atoms with Crippen LogP contribution in [0.1, 0.15) is 60.3 Å². The normalized spacial score (nSPS) is 31.7. The molecule has 0 aromatic rings. The van der Waals surface area contributed by atoms with Crippen LogP contribution in [-0.4, -0.2) is 78.0 Å². The minimum atomic E-state index is -0.941. The summed E-state index contributed by atoms with van der Waals surface area (Å²) in [4.78, 5) is 43.7. The van der Waals surface area contributed by atoms with Gasteiger partial charge < -0.3 is 25.2 Å². The smallest absolute Gasteiger partial charge is 0.310 e. The maximum absolute atomic E-state index is 13.5. The quantitative estimate of drug-likeness (QED) is 0.574. The molecule has 1 saturated heterocycles. The largest absolute Gasteiger partial charge is 0.469 e. The zero-order valence-electron chi connectivity index (χ0n) is 21.8. The van der Waals surface area contributed by atoms with E-state index in [-0.39, 0.29) is 35.8 Å². The van der Waals surface area contributed by atoms with Crippen molar-refractivity contribution in [2.24, 2.45) is 11.3 Å². The third-order valence-corrected chi connectivity index (χ3v) is 8.03. The first-order valence-corrected chi connectivity index (χ1v) is 12.5. The van der Waals surface area contributed by atoms with E-state index in [0.717, 1.165) is 12.8 Å². The third-order valence-electron chi connectivity index (χ3n) is 8.03. The van der Waals surface area contributed by atoms with Gasteiger partial charge in [-0.15, -0.1) is 0 Å². The third kappa shape index (κ3) is 4.88. The van der Waals surface area contributed by atoms with Gasteiger partial charge in [-0.05, 0) is 70.3 Å². The first-order valence-electron chi connectivity index (χ1n) is 12.5. The highest BCUT2D eigenvalue weighted by atomic mass is 16.5. The SMILES string of the molecule is COC(=O)[C@@H]1C[C@H](N(C)C(C)C)CC[C@@H]1N1CC[C@H](NC(=O)C2(C(C)(C)C)C=CC=CN2)C1=O. The number of dihydropyridines is 1. The highest BCUT2D eigenvalue weighted by Gasteiger charge is 2.50. The van der Waals surface area contributed by atoms with Gasteiger partial charge in [0.2, 0.25) is 5.91 Å². The molecule has 2 N–H and O–H groups in total. The zero-order chi connectivity index (χ0) is 25.3. The number of nitrogens with zero attached hydrogens (tertiary/aromatic N) is 2. The number of ether oxygens (including phenoxy) is 1. The van der Waals surface area contributed by atoms with Gasteiger partial charge in [-0.25, -0.2) is 0 Å². The molecule has 0 spiro atoms. The molecule has 1 saturated carbocycles. The lowest BCUT2D eigenvalue weighted by Crippen LogP contribution is -2.64. The molecule has 1 unspecified atom stereocenters. The molecule has 0 aromatic carbocycles. The molecule has 2 fully saturated rings. The van der Waals surface area contributed by atoms with Gasteiger partial charge in [-0.3, -0.25) is 14.4 Å². The molecular formula is C26H42N4O4. The van der Waals surface area contributed by atoms with Gasteiger partial charge in [0.05, 0.1) is 13.0 Å². The fraction of sp³-hybridized carbons (Fsp3) is 0.731. The summed E-state index contributed by atoms with van der Waals surface area (Å²) in [5.74, 6) is -0.950. The van der Waals surface area contributed by atoms with Crippen molar-refractivity contribution in [3.8, 4) is 0 Å². The Morgan fingerprint density at radius 1 is 1.24 bits per heavy atom. The number of allylic oxidation sites excluding steroid dienone is 2. The minimum absolute atomic E-state index is 0.109. The number of carbonyl (C=O) groups is 3. The van der Waals surface area contributed by atoms with Crippen LogP contribution in [0.5, 0.6) is 0 Å². The molecule has 0 bridgehead atoms. The lowest BCUT2D eigenvalue weighted by atomic mass is 9.71. The number of methoxy groups -OCH3 is 1. The van der Waals surface area contributed by atoms with E-state index in [1.54, 1.807) is 6.20 Å². The number of hydrogen-bond donors (Lipinski definition) is 2. The fourth-order valence-corrected chi connectivity index (χ4v) is 5.57. The molecule has 3 aliphatic rings. The van der Waals surface area contributed by atoms with Crippen LogP contribution in [0.2, 0.25) is 0 Å². The Morgan fingerprint density at radius 3 is 2.50 bits per heavy atom. The first-order chi connectivity index (χ1) is 15.9. The number of hydrogen-bond acceptors (Lipinski definition) is 6. The number of carbonyl (C=O) groups excluding carboxylic acids is 3. The van der Waals surface area contributed by atoms with Crippen LogP contribution in [0.3, 0.4) is 0 Å². The van der Waals surface area contributed by atoms with Crippen molar-refractivity contribution in [1.82, 2.24) is 20.4 Å². The summed E-state index contributed by atoms with van der Waals surface area (Å²) in [6, 6.07) is -0.147. The second-order valence-electron chi connectivity index (χ2n) is 11.2. The maximum Gasteiger partial charge on any atom is 0.310 e. The van der Waals surface area contributed by atoms with Crippen molar-refractivity contribution in [3.05, 3.63) is 24.4 Å². The van der Waals surface area contributed by atoms with Crippen molar-refractivity contribution < 1.29 is 19.1 Å². The molecule has 2 heterocycles. The molecule has 5 atom stereocenters. The van der Waals surface area contributed by atoms with E-state index in [9.17, 15) is 14.4 Å². The summed E-state index contributed by atoms with van der Waals surface area (Å²) in [6.07, 6.45) is 10.2. The van der Waals surface area contributed by atoms with Gasteiger partial charge in [-0.1, -0.05) is 26.8 Å². The summed E-state index contributed by atoms with van der Waals surface area (Å²) < 4.78 is 5.14. The van der Waals surface area contributed by atoms with Gasteiger partial charge in [0.15, 0.2) is 0 Å². The predicted molar refractivity (Wildman–Crippen MR) is 132 cm³/mol. The summed E-state index contributed by atoms with van der Waals surface area (Å²) in [7, 11) is 3.50. The molecule has 190 valence electrons. The summed E-state index contributed by atoms with van der Waals surface area (Å²) in [5.41, 5.74) is -1.35. The highest BCUT2D eigenvalue weighted by molar-refractivity contribution is 5.95. The van der Waals surface area contributed by atoms with Crippen molar-refractivity contribution in [2.75, 3.05) is 20.7 Å². The van der Waals surface area contributed by atoms with E-state index in [1.165, 1.54) is 7.11 Å². The second-order valence-corrected chi connectivity index (χ2v) is 11.2. The average Bonchev–Trinajstić information content (AvgIpc) is 3.16. The summed E-state index contributed by atoms with van der Waals surface area (Å²) in [6.45, 7) is 10.8. The van der Waals surface area contributed by atoms with E-state index in [1.807, 2.05) is 43.9 Å². The monoisotopic (exact) mass is 474 g/mol. The average molecular weight is 475 g/mol. The van der Waals surface area contributed by atoms with Crippen molar-refractivity contribution in [3.63, 3.8) is 0 Å². The Kier molecular flexibility index (Phi) is 7.80. The van der Waals surface area contributed by atoms with Crippen LogP contribution in [0, 0.1) is 11.3 Å². The number of likely N-dealkylation sites (tertiary alicyclic amines) is 1. The molecule has 0 aromatic heterocycles. The number of nitrogens with one attached hydrogen (secondary N) is 2. The van der Waals surface area contributed by atoms with Gasteiger partial charge >= 0.3 is 5.97 Å². The van der Waals surface area contributed by atoms with E-state index >= 15 is 0 Å². The molecule has 3 rings (SSSR count). The molecule has 2 amide bonds. The van der Waals surface area contributed by atoms with E-state index in [0.29, 0.717) is 25.4 Å². The Hall–Kier alpha value is -2.35. The lowest BCUT2D eigenvalue weighted by Gasteiger charge is -2.44. The Bertz CT molecular complexity index is 846. The second kappa shape index (κ2) is 10.1. The minimum Gasteiger partial charge on any atom is -0.469 e. The van der Waals surface area contributed by atoms with E-state index in [4.69, 9.17) is 4.74 Å². The van der Waals surface area contributed by atoms with Crippen LogP contribution in [0.25, 0.3) is 0 Å². The Morgan fingerprint density at radius 2 is 1.94 bits per heavy atom. The van der Waals surface area contributed by atoms with Crippen LogP contribution in [-0.2, 0) is 19.1 Å². The maximum atomic E-state index is 13.5. The molecule has 34 heavy (non-hydrogen) atoms. The van der Waals surface area contributed by atoms with Gasteiger partial charge in [0.1, 0.15) is 11.6 Å². The highest BCUT2D eigenvalue weighted by Crippen LogP contribution is 2.36. The first kappa shape index (κ1) is 26.3. The Balaban J connectivity index is 1.73. The molecular weight excluding hydrogens is 432 g/mol. The van der Waals surface area contributed by atoms with E-state index in [2.05, 4.69) is 36.4 Å². The van der Waals surface area contributed by atoms with Gasteiger partial charge in [-0.2, -0.15) is 0 Å². The molecule has 8 nitrogen and oxygen atoms in total. The molecule has 2 aliphatic heterocycles. The number of rotatable bonds is 6. The van der Waals surface area contributed by atoms with Crippen molar-refractivity contribution in [1.29, 1.82) is 0 Å². The Labute approximate surface area is 204 Å². The topological polar surface area (TPSA) is 91.0 Å². The van der Waals surface area contributed by atoms with Gasteiger partial charge in [0.25, 0.3) is 5.91 Å². The van der Waals surface area contributed by atoms with Crippen LogP contribution < -0.4 is 10.6 Å². The van der Waals surface area contributed by atoms with Crippen LogP contribution in [0.15, 0.2) is 24.4 Å². The molecule has 0 radical (unpaired) electrons. The fourth-order valence-electron chi connectivity index (χ4n) is 5.57. The van der Waals surface area contributed by atoms with Crippen LogP contribution in [0.4, 0.5) is 0 Å². The van der Waals surface area contributed by atoms with Crippen LogP contribution >= 0.6 is 0 Å². The predicted octanol–water partition coefficient (Wildman–Crippen LogP) is 2.21. The zero-order valence-corrected chi connectivity index (χ0v) is 21.8.